The lowest BCUT2D eigenvalue weighted by atomic mass is 10.1. The zero-order valence-corrected chi connectivity index (χ0v) is 9.84. The summed E-state index contributed by atoms with van der Waals surface area (Å²) < 4.78 is 0. The van der Waals surface area contributed by atoms with Gasteiger partial charge in [-0.15, -0.1) is 0 Å². The number of carbonyl (C=O) groups is 1. The van der Waals surface area contributed by atoms with Gasteiger partial charge in [0.05, 0.1) is 17.3 Å². The Morgan fingerprint density at radius 1 is 1.56 bits per heavy atom. The van der Waals surface area contributed by atoms with Gasteiger partial charge in [0.15, 0.2) is 5.75 Å². The van der Waals surface area contributed by atoms with Crippen LogP contribution in [0.25, 0.3) is 0 Å². The molecule has 94 valence electrons. The lowest BCUT2D eigenvalue weighted by Gasteiger charge is -2.12. The molecular formula is C12H14N4O2. The molecule has 0 spiro atoms. The van der Waals surface area contributed by atoms with Crippen molar-refractivity contribution in [2.24, 2.45) is 0 Å². The van der Waals surface area contributed by atoms with Crippen molar-refractivity contribution < 1.29 is 9.90 Å². The van der Waals surface area contributed by atoms with Gasteiger partial charge in [0.2, 0.25) is 0 Å². The first-order chi connectivity index (χ1) is 8.59. The summed E-state index contributed by atoms with van der Waals surface area (Å²) in [6, 6.07) is 4.37. The summed E-state index contributed by atoms with van der Waals surface area (Å²) in [4.78, 5) is 18.9. The highest BCUT2D eigenvalue weighted by atomic mass is 16.3. The Morgan fingerprint density at radius 3 is 3.00 bits per heavy atom. The first-order valence-corrected chi connectivity index (χ1v) is 5.47. The second-order valence-corrected chi connectivity index (χ2v) is 3.91. The number of imidazole rings is 1. The number of phenols is 1. The molecule has 1 atom stereocenters. The highest BCUT2D eigenvalue weighted by Gasteiger charge is 2.16. The molecule has 0 fully saturated rings. The van der Waals surface area contributed by atoms with Crippen molar-refractivity contribution in [3.63, 3.8) is 0 Å². The Balaban J connectivity index is 2.15. The molecule has 1 aromatic heterocycles. The summed E-state index contributed by atoms with van der Waals surface area (Å²) in [5.41, 5.74) is 5.86. The van der Waals surface area contributed by atoms with Crippen LogP contribution < -0.4 is 11.1 Å². The number of aromatic amines is 1. The van der Waals surface area contributed by atoms with Gasteiger partial charge in [0, 0.05) is 12.4 Å². The average molecular weight is 246 g/mol. The number of nitrogens with two attached hydrogens (primary N) is 1. The number of benzene rings is 1. The van der Waals surface area contributed by atoms with E-state index >= 15 is 0 Å². The molecule has 0 bridgehead atoms. The Hall–Kier alpha value is -2.50. The van der Waals surface area contributed by atoms with E-state index in [9.17, 15) is 9.90 Å². The molecule has 0 aliphatic rings. The zero-order valence-electron chi connectivity index (χ0n) is 9.84. The van der Waals surface area contributed by atoms with Crippen LogP contribution in [-0.2, 0) is 0 Å². The Morgan fingerprint density at radius 2 is 2.33 bits per heavy atom. The third-order valence-electron chi connectivity index (χ3n) is 2.59. The maximum atomic E-state index is 12.0. The average Bonchev–Trinajstić information content (AvgIpc) is 2.86. The number of nitrogens with one attached hydrogen (secondary N) is 2. The van der Waals surface area contributed by atoms with Crippen molar-refractivity contribution in [2.45, 2.75) is 13.0 Å². The number of amides is 1. The van der Waals surface area contributed by atoms with Gasteiger partial charge in [0.1, 0.15) is 5.82 Å². The number of carbonyl (C=O) groups excluding carboxylic acids is 1. The first-order valence-electron chi connectivity index (χ1n) is 5.47. The Labute approximate surface area is 104 Å². The number of nitrogens with zero attached hydrogens (tertiary/aromatic N) is 1. The van der Waals surface area contributed by atoms with Gasteiger partial charge in [-0.05, 0) is 19.1 Å². The quantitative estimate of drug-likeness (QED) is 0.482. The van der Waals surface area contributed by atoms with Crippen LogP contribution in [0.5, 0.6) is 5.75 Å². The molecular weight excluding hydrogens is 232 g/mol. The fourth-order valence-electron chi connectivity index (χ4n) is 1.60. The largest absolute Gasteiger partial charge is 0.505 e. The number of phenolic OH excluding ortho intramolecular Hbond substituents is 1. The lowest BCUT2D eigenvalue weighted by molar-refractivity contribution is 0.0936. The molecule has 0 aliphatic heterocycles. The van der Waals surface area contributed by atoms with Crippen molar-refractivity contribution in [3.05, 3.63) is 42.0 Å². The lowest BCUT2D eigenvalue weighted by Crippen LogP contribution is -2.27. The third-order valence-corrected chi connectivity index (χ3v) is 2.59. The maximum absolute atomic E-state index is 12.0. The molecule has 1 heterocycles. The van der Waals surface area contributed by atoms with Crippen LogP contribution >= 0.6 is 0 Å². The summed E-state index contributed by atoms with van der Waals surface area (Å²) >= 11 is 0. The number of anilines is 1. The van der Waals surface area contributed by atoms with Gasteiger partial charge < -0.3 is 21.1 Å². The van der Waals surface area contributed by atoms with E-state index in [4.69, 9.17) is 5.73 Å². The van der Waals surface area contributed by atoms with Crippen LogP contribution in [0.3, 0.4) is 0 Å². The number of H-pyrrole nitrogens is 1. The SMILES string of the molecule is CC(NC(=O)c1cccc(N)c1O)c1ncc[nH]1. The van der Waals surface area contributed by atoms with E-state index in [1.54, 1.807) is 25.4 Å². The number of para-hydroxylation sites is 1. The number of aromatic hydroxyl groups is 1. The van der Waals surface area contributed by atoms with Crippen LogP contribution in [0.2, 0.25) is 0 Å². The van der Waals surface area contributed by atoms with E-state index in [0.717, 1.165) is 0 Å². The molecule has 1 unspecified atom stereocenters. The van der Waals surface area contributed by atoms with Crippen LogP contribution in [0, 0.1) is 0 Å². The zero-order chi connectivity index (χ0) is 13.1. The number of rotatable bonds is 3. The number of hydrogen-bond donors (Lipinski definition) is 4. The standard InChI is InChI=1S/C12H14N4O2/c1-7(11-14-5-6-15-11)16-12(18)8-3-2-4-9(13)10(8)17/h2-7,17H,13H2,1H3,(H,14,15)(H,16,18). The summed E-state index contributed by atoms with van der Waals surface area (Å²) in [5, 5.41) is 12.4. The van der Waals surface area contributed by atoms with Gasteiger partial charge in [0.25, 0.3) is 5.91 Å². The summed E-state index contributed by atoms with van der Waals surface area (Å²) in [7, 11) is 0. The molecule has 6 nitrogen and oxygen atoms in total. The van der Waals surface area contributed by atoms with Gasteiger partial charge in [-0.25, -0.2) is 4.98 Å². The second kappa shape index (κ2) is 4.79. The molecule has 0 radical (unpaired) electrons. The van der Waals surface area contributed by atoms with Crippen LogP contribution in [0.4, 0.5) is 5.69 Å². The maximum Gasteiger partial charge on any atom is 0.255 e. The predicted molar refractivity (Wildman–Crippen MR) is 67.0 cm³/mol. The third kappa shape index (κ3) is 2.27. The van der Waals surface area contributed by atoms with E-state index in [1.165, 1.54) is 12.1 Å². The van der Waals surface area contributed by atoms with Gasteiger partial charge in [-0.2, -0.15) is 0 Å². The van der Waals surface area contributed by atoms with Crippen LogP contribution in [0.1, 0.15) is 29.1 Å². The fourth-order valence-corrected chi connectivity index (χ4v) is 1.60. The first kappa shape index (κ1) is 12.0. The van der Waals surface area contributed by atoms with E-state index in [-0.39, 0.29) is 23.0 Å². The monoisotopic (exact) mass is 246 g/mol. The minimum atomic E-state index is -0.399. The van der Waals surface area contributed by atoms with Gasteiger partial charge >= 0.3 is 0 Å². The van der Waals surface area contributed by atoms with Crippen molar-refractivity contribution in [1.29, 1.82) is 0 Å². The minimum absolute atomic E-state index is 0.147. The van der Waals surface area contributed by atoms with Gasteiger partial charge in [-0.1, -0.05) is 6.07 Å². The summed E-state index contributed by atoms with van der Waals surface area (Å²) in [6.07, 6.45) is 3.28. The Bertz CT molecular complexity index is 551. The normalized spacial score (nSPS) is 12.1. The molecule has 5 N–H and O–H groups in total. The topological polar surface area (TPSA) is 104 Å². The highest BCUT2D eigenvalue weighted by molar-refractivity contribution is 5.98. The summed E-state index contributed by atoms with van der Waals surface area (Å²) in [6.45, 7) is 1.79. The number of nitrogen functional groups attached to an aromatic ring is 1. The molecule has 2 rings (SSSR count). The second-order valence-electron chi connectivity index (χ2n) is 3.91. The molecule has 1 amide bonds. The van der Waals surface area contributed by atoms with Crippen LogP contribution in [0.15, 0.2) is 30.6 Å². The number of aromatic nitrogens is 2. The molecule has 0 saturated heterocycles. The van der Waals surface area contributed by atoms with E-state index < -0.39 is 5.91 Å². The fraction of sp³-hybridized carbons (Fsp3) is 0.167. The van der Waals surface area contributed by atoms with Crippen LogP contribution in [-0.4, -0.2) is 21.0 Å². The molecule has 0 saturated carbocycles. The molecule has 1 aromatic carbocycles. The van der Waals surface area contributed by atoms with E-state index in [2.05, 4.69) is 15.3 Å². The molecule has 6 heteroatoms. The van der Waals surface area contributed by atoms with Crippen molar-refractivity contribution in [3.8, 4) is 5.75 Å². The smallest absolute Gasteiger partial charge is 0.255 e. The molecule has 18 heavy (non-hydrogen) atoms. The highest BCUT2D eigenvalue weighted by Crippen LogP contribution is 2.24. The van der Waals surface area contributed by atoms with Crippen molar-refractivity contribution in [1.82, 2.24) is 15.3 Å². The minimum Gasteiger partial charge on any atom is -0.505 e. The Kier molecular flexibility index (Phi) is 3.18. The molecule has 0 aliphatic carbocycles. The van der Waals surface area contributed by atoms with Crippen molar-refractivity contribution >= 4 is 11.6 Å². The van der Waals surface area contributed by atoms with E-state index in [0.29, 0.717) is 5.82 Å². The summed E-state index contributed by atoms with van der Waals surface area (Å²) in [5.74, 6) is 0.0390. The van der Waals surface area contributed by atoms with Crippen molar-refractivity contribution in [2.75, 3.05) is 5.73 Å². The molecule has 2 aromatic rings. The predicted octanol–water partition coefficient (Wildman–Crippen LogP) is 1.19. The number of hydrogen-bond acceptors (Lipinski definition) is 4. The van der Waals surface area contributed by atoms with Gasteiger partial charge in [-0.3, -0.25) is 4.79 Å². The van der Waals surface area contributed by atoms with E-state index in [1.807, 2.05) is 0 Å².